The number of carbonyl (C=O) groups excluding carboxylic acids is 2. The fraction of sp³-hybridized carbons (Fsp3) is 0.263. The molecule has 0 saturated carbocycles. The average Bonchev–Trinajstić information content (AvgIpc) is 2.61. The number of rotatable bonds is 7. The van der Waals surface area contributed by atoms with Crippen LogP contribution in [0.2, 0.25) is 5.02 Å². The second-order valence-corrected chi connectivity index (χ2v) is 8.24. The van der Waals surface area contributed by atoms with Gasteiger partial charge in [-0.2, -0.15) is 0 Å². The Bertz CT molecular complexity index is 964. The molecule has 0 fully saturated rings. The zero-order chi connectivity index (χ0) is 20.9. The molecule has 0 unspecified atom stereocenters. The van der Waals surface area contributed by atoms with E-state index in [-0.39, 0.29) is 17.2 Å². The van der Waals surface area contributed by atoms with Gasteiger partial charge in [0.05, 0.1) is 29.1 Å². The van der Waals surface area contributed by atoms with E-state index in [1.807, 2.05) is 0 Å². The number of nitrogens with zero attached hydrogens (tertiary/aromatic N) is 1. The van der Waals surface area contributed by atoms with Crippen molar-refractivity contribution in [2.45, 2.75) is 19.9 Å². The van der Waals surface area contributed by atoms with Crippen molar-refractivity contribution in [3.63, 3.8) is 0 Å². The van der Waals surface area contributed by atoms with Gasteiger partial charge in [0, 0.05) is 5.69 Å². The number of benzene rings is 2. The first kappa shape index (κ1) is 21.7. The largest absolute Gasteiger partial charge is 0.462 e. The van der Waals surface area contributed by atoms with Crippen molar-refractivity contribution in [1.82, 2.24) is 0 Å². The van der Waals surface area contributed by atoms with E-state index in [2.05, 4.69) is 5.32 Å². The number of hydrogen-bond acceptors (Lipinski definition) is 5. The summed E-state index contributed by atoms with van der Waals surface area (Å²) in [6.45, 7) is 3.38. The van der Waals surface area contributed by atoms with Crippen molar-refractivity contribution in [1.29, 1.82) is 0 Å². The number of halogens is 1. The molecule has 150 valence electrons. The lowest BCUT2D eigenvalue weighted by atomic mass is 10.2. The van der Waals surface area contributed by atoms with E-state index in [0.29, 0.717) is 11.4 Å². The summed E-state index contributed by atoms with van der Waals surface area (Å²) in [5, 5.41) is 2.74. The number of carbonyl (C=O) groups is 2. The third-order valence-electron chi connectivity index (χ3n) is 3.83. The number of esters is 1. The average molecular weight is 425 g/mol. The third-order valence-corrected chi connectivity index (χ3v) is 5.39. The zero-order valence-corrected chi connectivity index (χ0v) is 17.3. The highest BCUT2D eigenvalue weighted by Gasteiger charge is 2.29. The number of sulfonamides is 1. The molecule has 0 aromatic heterocycles. The van der Waals surface area contributed by atoms with Gasteiger partial charge in [-0.3, -0.25) is 9.10 Å². The van der Waals surface area contributed by atoms with Crippen LogP contribution < -0.4 is 9.62 Å². The molecule has 2 aromatic rings. The zero-order valence-electron chi connectivity index (χ0n) is 15.7. The van der Waals surface area contributed by atoms with Crippen LogP contribution in [-0.2, 0) is 19.6 Å². The lowest BCUT2D eigenvalue weighted by molar-refractivity contribution is -0.116. The van der Waals surface area contributed by atoms with Crippen molar-refractivity contribution < 1.29 is 22.7 Å². The topological polar surface area (TPSA) is 92.8 Å². The van der Waals surface area contributed by atoms with Crippen molar-refractivity contribution in [3.8, 4) is 0 Å². The Morgan fingerprint density at radius 2 is 1.82 bits per heavy atom. The van der Waals surface area contributed by atoms with Crippen LogP contribution in [0.25, 0.3) is 0 Å². The number of amides is 1. The smallest absolute Gasteiger partial charge is 0.339 e. The summed E-state index contributed by atoms with van der Waals surface area (Å²) in [6.07, 6.45) is 1.04. The standard InChI is InChI=1S/C19H21ClN2O5S/c1-4-27-19(24)16-11-10-14(12-17(16)20)21-18(23)13(2)22(28(3,25)26)15-8-6-5-7-9-15/h5-13H,4H2,1-3H3,(H,21,23)/t13-/m1/s1. The fourth-order valence-corrected chi connectivity index (χ4v) is 4.03. The molecule has 0 aliphatic carbocycles. The van der Waals surface area contributed by atoms with Crippen LogP contribution in [0.3, 0.4) is 0 Å². The molecule has 1 amide bonds. The quantitative estimate of drug-likeness (QED) is 0.688. The second-order valence-electron chi connectivity index (χ2n) is 5.97. The summed E-state index contributed by atoms with van der Waals surface area (Å²) in [5.74, 6) is -1.11. The SMILES string of the molecule is CCOC(=O)c1ccc(NC(=O)[C@@H](C)N(c2ccccc2)S(C)(=O)=O)cc1Cl. The Kier molecular flexibility index (Phi) is 7.04. The Morgan fingerprint density at radius 1 is 1.18 bits per heavy atom. The molecule has 2 rings (SSSR count). The molecular formula is C19H21ClN2O5S. The summed E-state index contributed by atoms with van der Waals surface area (Å²) >= 11 is 6.10. The highest BCUT2D eigenvalue weighted by atomic mass is 35.5. The molecule has 0 saturated heterocycles. The van der Waals surface area contributed by atoms with Crippen LogP contribution in [0.1, 0.15) is 24.2 Å². The maximum Gasteiger partial charge on any atom is 0.339 e. The van der Waals surface area contributed by atoms with Crippen LogP contribution in [0.5, 0.6) is 0 Å². The molecular weight excluding hydrogens is 404 g/mol. The minimum atomic E-state index is -3.70. The lowest BCUT2D eigenvalue weighted by Crippen LogP contribution is -2.45. The first-order valence-electron chi connectivity index (χ1n) is 8.47. The van der Waals surface area contributed by atoms with Gasteiger partial charge in [0.15, 0.2) is 0 Å². The van der Waals surface area contributed by atoms with Crippen molar-refractivity contribution in [2.24, 2.45) is 0 Å². The Labute approximate surface area is 169 Å². The van der Waals surface area contributed by atoms with Crippen LogP contribution >= 0.6 is 11.6 Å². The minimum Gasteiger partial charge on any atom is -0.462 e. The van der Waals surface area contributed by atoms with E-state index in [1.54, 1.807) is 37.3 Å². The predicted octanol–water partition coefficient (Wildman–Crippen LogP) is 3.31. The summed E-state index contributed by atoms with van der Waals surface area (Å²) in [7, 11) is -3.70. The molecule has 2 aromatic carbocycles. The number of anilines is 2. The van der Waals surface area contributed by atoms with Crippen LogP contribution in [0, 0.1) is 0 Å². The Balaban J connectivity index is 2.23. The second kappa shape index (κ2) is 9.07. The molecule has 7 nitrogen and oxygen atoms in total. The van der Waals surface area contributed by atoms with E-state index in [0.717, 1.165) is 10.6 Å². The van der Waals surface area contributed by atoms with Gasteiger partial charge in [-0.25, -0.2) is 13.2 Å². The summed E-state index contributed by atoms with van der Waals surface area (Å²) in [5.41, 5.74) is 0.886. The highest BCUT2D eigenvalue weighted by Crippen LogP contribution is 2.24. The van der Waals surface area contributed by atoms with Crippen LogP contribution in [0.15, 0.2) is 48.5 Å². The van der Waals surface area contributed by atoms with E-state index >= 15 is 0 Å². The number of ether oxygens (including phenoxy) is 1. The van der Waals surface area contributed by atoms with Crippen molar-refractivity contribution in [2.75, 3.05) is 22.5 Å². The summed E-state index contributed by atoms with van der Waals surface area (Å²) in [6, 6.07) is 11.7. The summed E-state index contributed by atoms with van der Waals surface area (Å²) in [4.78, 5) is 24.5. The van der Waals surface area contributed by atoms with Gasteiger partial charge in [-0.1, -0.05) is 29.8 Å². The molecule has 28 heavy (non-hydrogen) atoms. The molecule has 0 aliphatic rings. The van der Waals surface area contributed by atoms with Gasteiger partial charge in [-0.15, -0.1) is 0 Å². The van der Waals surface area contributed by atoms with Gasteiger partial charge in [0.2, 0.25) is 15.9 Å². The Hall–Kier alpha value is -2.58. The molecule has 1 atom stereocenters. The van der Waals surface area contributed by atoms with E-state index < -0.39 is 27.9 Å². The van der Waals surface area contributed by atoms with Crippen LogP contribution in [0.4, 0.5) is 11.4 Å². The molecule has 0 radical (unpaired) electrons. The van der Waals surface area contributed by atoms with E-state index in [4.69, 9.17) is 16.3 Å². The fourth-order valence-electron chi connectivity index (χ4n) is 2.60. The van der Waals surface area contributed by atoms with Gasteiger partial charge >= 0.3 is 5.97 Å². The monoisotopic (exact) mass is 424 g/mol. The number of para-hydroxylation sites is 1. The minimum absolute atomic E-state index is 0.118. The van der Waals surface area contributed by atoms with Gasteiger partial charge in [0.25, 0.3) is 0 Å². The molecule has 1 N–H and O–H groups in total. The van der Waals surface area contributed by atoms with Crippen LogP contribution in [-0.4, -0.2) is 39.2 Å². The number of hydrogen-bond donors (Lipinski definition) is 1. The molecule has 0 heterocycles. The van der Waals surface area contributed by atoms with Gasteiger partial charge in [-0.05, 0) is 44.2 Å². The first-order valence-corrected chi connectivity index (χ1v) is 10.7. The van der Waals surface area contributed by atoms with E-state index in [9.17, 15) is 18.0 Å². The first-order chi connectivity index (χ1) is 13.1. The maximum atomic E-state index is 12.7. The normalized spacial score (nSPS) is 12.1. The van der Waals surface area contributed by atoms with E-state index in [1.165, 1.54) is 25.1 Å². The summed E-state index contributed by atoms with van der Waals surface area (Å²) < 4.78 is 30.4. The number of nitrogens with one attached hydrogen (secondary N) is 1. The van der Waals surface area contributed by atoms with Gasteiger partial charge < -0.3 is 10.1 Å². The molecule has 0 spiro atoms. The third kappa shape index (κ3) is 5.24. The Morgan fingerprint density at radius 3 is 2.36 bits per heavy atom. The van der Waals surface area contributed by atoms with Gasteiger partial charge in [0.1, 0.15) is 6.04 Å². The lowest BCUT2D eigenvalue weighted by Gasteiger charge is -2.28. The predicted molar refractivity (Wildman–Crippen MR) is 109 cm³/mol. The van der Waals surface area contributed by atoms with Crippen molar-refractivity contribution >= 4 is 44.9 Å². The van der Waals surface area contributed by atoms with Crippen molar-refractivity contribution in [3.05, 3.63) is 59.1 Å². The molecule has 9 heteroatoms. The highest BCUT2D eigenvalue weighted by molar-refractivity contribution is 7.92. The maximum absolute atomic E-state index is 12.7. The molecule has 0 bridgehead atoms. The molecule has 0 aliphatic heterocycles.